The van der Waals surface area contributed by atoms with E-state index in [9.17, 15) is 9.90 Å². The maximum Gasteiger partial charge on any atom is 0.305 e. The van der Waals surface area contributed by atoms with Crippen LogP contribution in [0.1, 0.15) is 263 Å². The topological polar surface area (TPSA) is 271 Å². The number of fused-ring (bicyclic) bond motifs is 20. The summed E-state index contributed by atoms with van der Waals surface area (Å²) in [5.41, 5.74) is 30.8. The van der Waals surface area contributed by atoms with E-state index >= 15 is 0 Å². The summed E-state index contributed by atoms with van der Waals surface area (Å²) in [5.74, 6) is 2.18. The smallest absolute Gasteiger partial charge is 0.305 e. The molecule has 10 aliphatic rings. The average molecular weight is 1960 g/mol. The molecule has 5 saturated carbocycles. The molecule has 5 fully saturated rings. The second kappa shape index (κ2) is 40.0. The summed E-state index contributed by atoms with van der Waals surface area (Å²) in [6.45, 7) is 10.2. The van der Waals surface area contributed by atoms with E-state index in [1.165, 1.54) is 247 Å². The van der Waals surface area contributed by atoms with Gasteiger partial charge in [0.25, 0.3) is 0 Å². The Kier molecular flexibility index (Phi) is 27.1. The fourth-order valence-electron chi connectivity index (χ4n) is 25.0. The number of carbonyl (C=O) groups is 1. The predicted octanol–water partition coefficient (Wildman–Crippen LogP) is 25.7. The van der Waals surface area contributed by atoms with Crippen molar-refractivity contribution in [2.45, 2.75) is 240 Å². The predicted molar refractivity (Wildman–Crippen MR) is 545 cm³/mol. The Hall–Kier alpha value is -11.4. The lowest BCUT2D eigenvalue weighted by atomic mass is 9.62. The first-order valence-corrected chi connectivity index (χ1v) is 51.2. The molecule has 0 saturated heterocycles. The number of aromatic nitrogens is 16. The molecule has 9 heterocycles. The number of para-hydroxylation sites is 3. The normalized spacial score (nSPS) is 17.5. The van der Waals surface area contributed by atoms with E-state index in [0.717, 1.165) is 130 Å². The van der Waals surface area contributed by atoms with Crippen LogP contribution in [0.25, 0.3) is 0 Å². The van der Waals surface area contributed by atoms with Gasteiger partial charge in [-0.05, 0) is 250 Å². The third-order valence-corrected chi connectivity index (χ3v) is 32.5. The van der Waals surface area contributed by atoms with Crippen LogP contribution in [-0.4, -0.2) is 126 Å². The van der Waals surface area contributed by atoms with Crippen LogP contribution in [0, 0.1) is 20.8 Å². The van der Waals surface area contributed by atoms with Gasteiger partial charge in [-0.25, -0.2) is 0 Å². The highest BCUT2D eigenvalue weighted by molar-refractivity contribution is 9.10. The van der Waals surface area contributed by atoms with Gasteiger partial charge in [0, 0.05) is 156 Å². The van der Waals surface area contributed by atoms with Gasteiger partial charge in [0.05, 0.1) is 17.1 Å². The van der Waals surface area contributed by atoms with Crippen molar-refractivity contribution in [3.63, 3.8) is 0 Å². The van der Waals surface area contributed by atoms with E-state index in [0.29, 0.717) is 18.8 Å². The molecule has 24 rings (SSSR count). The van der Waals surface area contributed by atoms with Crippen LogP contribution in [0.15, 0.2) is 199 Å². The molecule has 0 atom stereocenters. The Bertz CT molecular complexity index is 6130. The van der Waals surface area contributed by atoms with Crippen molar-refractivity contribution in [1.82, 2.24) is 82.5 Å². The molecule has 136 heavy (non-hydrogen) atoms. The van der Waals surface area contributed by atoms with E-state index in [1.54, 1.807) is 0 Å². The minimum Gasteiger partial charge on any atom is -0.481 e. The zero-order chi connectivity index (χ0) is 93.1. The first kappa shape index (κ1) is 92.3. The number of rotatable bonds is 15. The lowest BCUT2D eigenvalue weighted by Gasteiger charge is -2.48. The monoisotopic (exact) mass is 1960 g/mol. The number of aromatic amines is 4. The standard InChI is InChI=1S/C22H24BrN5.C22H24ClN5.C22H24ClNO2.C21H21Cl2N5.C21H23N5/c2*1-15-5-7-19-17(13-15)22(10-3-2-4-11-22)18-14-16(23)6-8-20(18)28(19)12-9-21-24-26-27-25-21;1-15-5-7-19-17(13-15)22(10-3-2-4-11-22)18-14-16(23)6-8-20(18)24(19)12-9-21(25)26;22-14-7-8-18-16(13-14)21(10-2-1-3-11-21)15-5-4-6-17(23)20(15)28(18)12-9-19-24-26-27-25-19;1-6-13-21(14-7-1)16-8-2-4-10-18(16)26(15-12-20-22-24-25-23-20)19-11-5-3-9-17(19)21/h2*5-8,13-14H,2-4,9-12H2,1H3,(H,24,25,26,27);5-8,13-14H,2-4,9-12H2,1H3,(H,25,26);4-8,13H,1-3,9-12H2,(H,24,25,26,27);2-5,8-11H,1,6-7,12-15H2,(H,22,23,24,25). The van der Waals surface area contributed by atoms with Crippen LogP contribution >= 0.6 is 62.3 Å². The number of carboxylic acids is 1. The quantitative estimate of drug-likeness (QED) is 0.0638. The number of nitrogens with one attached hydrogen (secondary N) is 4. The van der Waals surface area contributed by atoms with E-state index in [4.69, 9.17) is 46.4 Å². The van der Waals surface area contributed by atoms with Crippen molar-refractivity contribution in [2.24, 2.45) is 0 Å². The second-order valence-corrected chi connectivity index (χ2v) is 41.4. The van der Waals surface area contributed by atoms with Crippen LogP contribution in [0.5, 0.6) is 0 Å². The van der Waals surface area contributed by atoms with Crippen molar-refractivity contribution in [1.29, 1.82) is 0 Å². The number of benzene rings is 10. The summed E-state index contributed by atoms with van der Waals surface area (Å²) in [6.07, 6.45) is 34.1. The Morgan fingerprint density at radius 1 is 0.309 bits per heavy atom. The highest BCUT2D eigenvalue weighted by Gasteiger charge is 2.50. The number of H-pyrrole nitrogens is 4. The molecule has 5 aliphatic heterocycles. The van der Waals surface area contributed by atoms with Crippen molar-refractivity contribution >= 4 is 125 Å². The number of hydrogen-bond acceptors (Lipinski definition) is 18. The molecule has 10 aromatic carbocycles. The number of halogens is 5. The SMILES string of the molecule is Cc1ccc2c(c1)C1(CCCCC1)c1cc(Br)ccc1N2CCc1nn[nH]n1.Cc1ccc2c(c1)C1(CCCCC1)c1cc(Cl)ccc1N2CCC(=O)O.Cc1ccc2c(c1)C1(CCCCC1)c1cc(Cl)ccc1N2CCc1nn[nH]n1.Clc1ccc2c(c1)C1(CCCCC1)c1cccc(Cl)c1N2CCc1nn[nH]n1.c1ccc2c(c1)N(CCc1nn[nH]n1)c1ccccc1C21CCCCC1. The molecule has 700 valence electrons. The Labute approximate surface area is 823 Å². The number of aryl methyl sites for hydroxylation is 3. The number of hydrogen-bond donors (Lipinski definition) is 5. The van der Waals surface area contributed by atoms with E-state index in [2.05, 4.69) is 314 Å². The fourth-order valence-corrected chi connectivity index (χ4v) is 26.1. The molecule has 28 heteroatoms. The van der Waals surface area contributed by atoms with E-state index in [-0.39, 0.29) is 33.5 Å². The fraction of sp³-hybridized carbons (Fsp3) is 0.398. The lowest BCUT2D eigenvalue weighted by molar-refractivity contribution is -0.136. The zero-order valence-corrected chi connectivity index (χ0v) is 82.2. The van der Waals surface area contributed by atoms with Gasteiger partial charge in [-0.3, -0.25) is 4.79 Å². The van der Waals surface area contributed by atoms with Crippen LogP contribution in [0.4, 0.5) is 56.9 Å². The molecule has 4 aromatic heterocycles. The third kappa shape index (κ3) is 17.9. The van der Waals surface area contributed by atoms with Gasteiger partial charge >= 0.3 is 5.97 Å². The van der Waals surface area contributed by atoms with Gasteiger partial charge in [0.2, 0.25) is 0 Å². The Balaban J connectivity index is 0.000000105. The summed E-state index contributed by atoms with van der Waals surface area (Å²) in [4.78, 5) is 23.0. The van der Waals surface area contributed by atoms with Gasteiger partial charge in [-0.2, -0.15) is 20.9 Å². The lowest BCUT2D eigenvalue weighted by Crippen LogP contribution is -2.39. The van der Waals surface area contributed by atoms with Gasteiger partial charge < -0.3 is 29.6 Å². The molecule has 0 amide bonds. The van der Waals surface area contributed by atoms with Crippen molar-refractivity contribution < 1.29 is 9.90 Å². The molecule has 23 nitrogen and oxygen atoms in total. The molecule has 5 spiro atoms. The highest BCUT2D eigenvalue weighted by atomic mass is 79.9. The maximum atomic E-state index is 11.2. The minimum absolute atomic E-state index is 0.000436. The summed E-state index contributed by atoms with van der Waals surface area (Å²) in [5, 5.41) is 70.3. The Morgan fingerprint density at radius 3 is 0.919 bits per heavy atom. The largest absolute Gasteiger partial charge is 0.481 e. The number of carboxylic acid groups (broad SMARTS) is 1. The number of tetrazole rings is 4. The number of nitrogens with zero attached hydrogens (tertiary/aromatic N) is 17. The second-order valence-electron chi connectivity index (χ2n) is 38.8. The molecule has 0 bridgehead atoms. The van der Waals surface area contributed by atoms with Gasteiger partial charge in [0.1, 0.15) is 0 Å². The van der Waals surface area contributed by atoms with Crippen molar-refractivity contribution in [3.05, 3.63) is 314 Å². The molecular weight excluding hydrogens is 1850 g/mol. The highest BCUT2D eigenvalue weighted by Crippen LogP contribution is 2.63. The van der Waals surface area contributed by atoms with Crippen molar-refractivity contribution in [2.75, 3.05) is 57.2 Å². The average Bonchev–Trinajstić information content (AvgIpc) is 0.779. The van der Waals surface area contributed by atoms with Crippen molar-refractivity contribution in [3.8, 4) is 0 Å². The first-order valence-electron chi connectivity index (χ1n) is 48.9. The van der Waals surface area contributed by atoms with Crippen LogP contribution < -0.4 is 24.5 Å². The van der Waals surface area contributed by atoms with Gasteiger partial charge in [-0.1, -0.05) is 281 Å². The minimum atomic E-state index is -0.771. The summed E-state index contributed by atoms with van der Waals surface area (Å²) < 4.78 is 1.16. The summed E-state index contributed by atoms with van der Waals surface area (Å²) in [6, 6.07) is 70.3. The van der Waals surface area contributed by atoms with Gasteiger partial charge in [0.15, 0.2) is 23.3 Å². The number of aliphatic carboxylic acids is 1. The van der Waals surface area contributed by atoms with Crippen LogP contribution in [0.3, 0.4) is 0 Å². The Morgan fingerprint density at radius 2 is 0.581 bits per heavy atom. The summed E-state index contributed by atoms with van der Waals surface area (Å²) in [7, 11) is 0. The van der Waals surface area contributed by atoms with Crippen LogP contribution in [0.2, 0.25) is 20.1 Å². The third-order valence-electron chi connectivity index (χ3n) is 31.0. The van der Waals surface area contributed by atoms with Gasteiger partial charge in [-0.15, -0.1) is 40.8 Å². The molecular formula is C108H116BrCl4N21O2. The van der Waals surface area contributed by atoms with E-state index in [1.807, 2.05) is 24.3 Å². The molecule has 14 aromatic rings. The molecule has 5 N–H and O–H groups in total. The van der Waals surface area contributed by atoms with E-state index < -0.39 is 5.97 Å². The first-order chi connectivity index (χ1) is 66.4. The maximum absolute atomic E-state index is 11.2. The van der Waals surface area contributed by atoms with Crippen LogP contribution in [-0.2, 0) is 57.6 Å². The molecule has 5 aliphatic carbocycles. The number of anilines is 10. The zero-order valence-electron chi connectivity index (χ0n) is 77.6. The summed E-state index contributed by atoms with van der Waals surface area (Å²) >= 11 is 29.9. The molecule has 0 radical (unpaired) electrons. The molecule has 0 unspecified atom stereocenters.